The average molecular weight is 436 g/mol. The first-order valence-corrected chi connectivity index (χ1v) is 9.06. The maximum Gasteiger partial charge on any atom is 0.357 e. The number of aromatic nitrogens is 3. The van der Waals surface area contributed by atoms with Gasteiger partial charge in [0.2, 0.25) is 0 Å². The molecular weight excluding hydrogens is 422 g/mol. The molecule has 0 spiro atoms. The number of anilines is 1. The van der Waals surface area contributed by atoms with Gasteiger partial charge in [0.05, 0.1) is 29.4 Å². The predicted octanol–water partition coefficient (Wildman–Crippen LogP) is 4.02. The number of halogens is 1. The smallest absolute Gasteiger partial charge is 0.357 e. The number of esters is 1. The van der Waals surface area contributed by atoms with Gasteiger partial charge in [-0.2, -0.15) is 5.26 Å². The van der Waals surface area contributed by atoms with Gasteiger partial charge in [-0.05, 0) is 42.5 Å². The van der Waals surface area contributed by atoms with Crippen molar-refractivity contribution in [2.24, 2.45) is 0 Å². The lowest BCUT2D eigenvalue weighted by Gasteiger charge is -2.09. The Hall–Kier alpha value is -3.57. The van der Waals surface area contributed by atoms with Crippen molar-refractivity contribution in [3.05, 3.63) is 64.4 Å². The van der Waals surface area contributed by atoms with Crippen molar-refractivity contribution in [1.82, 2.24) is 14.5 Å². The zero-order valence-corrected chi connectivity index (χ0v) is 16.3. The second kappa shape index (κ2) is 6.87. The van der Waals surface area contributed by atoms with Crippen LogP contribution in [0, 0.1) is 11.3 Å². The van der Waals surface area contributed by atoms with Crippen LogP contribution in [-0.4, -0.2) is 27.6 Å². The van der Waals surface area contributed by atoms with Gasteiger partial charge in [0.1, 0.15) is 11.9 Å². The topological polar surface area (TPSA) is 110 Å². The van der Waals surface area contributed by atoms with Crippen molar-refractivity contribution in [3.63, 3.8) is 0 Å². The number of carbonyl (C=O) groups excluding carboxylic acids is 1. The molecular formula is C20H14BrN5O2. The Morgan fingerprint density at radius 3 is 2.71 bits per heavy atom. The normalized spacial score (nSPS) is 10.8. The average Bonchev–Trinajstić information content (AvgIpc) is 3.28. The number of carbonyl (C=O) groups is 1. The molecule has 0 saturated carbocycles. The molecule has 0 aliphatic carbocycles. The number of rotatable bonds is 3. The van der Waals surface area contributed by atoms with E-state index >= 15 is 0 Å². The summed E-state index contributed by atoms with van der Waals surface area (Å²) in [5, 5.41) is 9.23. The van der Waals surface area contributed by atoms with Crippen LogP contribution in [0.4, 0.5) is 5.69 Å². The van der Waals surface area contributed by atoms with Crippen LogP contribution in [-0.2, 0) is 4.74 Å². The quantitative estimate of drug-likeness (QED) is 0.472. The number of nitrogens with two attached hydrogens (primary N) is 1. The summed E-state index contributed by atoms with van der Waals surface area (Å²) in [4.78, 5) is 20.0. The van der Waals surface area contributed by atoms with Crippen molar-refractivity contribution < 1.29 is 9.53 Å². The van der Waals surface area contributed by atoms with Crippen LogP contribution >= 0.6 is 15.9 Å². The SMILES string of the molecule is COC(=O)c1c(N)c(C#N)cn1-c1ccc(-c2nc3ccc(Br)cc3[nH]2)cc1. The number of hydrogen-bond donors (Lipinski definition) is 2. The number of nitrogen functional groups attached to an aromatic ring is 1. The minimum Gasteiger partial charge on any atom is -0.464 e. The molecule has 2 heterocycles. The lowest BCUT2D eigenvalue weighted by Crippen LogP contribution is -2.11. The molecule has 28 heavy (non-hydrogen) atoms. The first kappa shape index (κ1) is 17.8. The van der Waals surface area contributed by atoms with E-state index in [0.717, 1.165) is 26.9 Å². The van der Waals surface area contributed by atoms with Gasteiger partial charge in [-0.1, -0.05) is 15.9 Å². The van der Waals surface area contributed by atoms with Crippen molar-refractivity contribution in [2.75, 3.05) is 12.8 Å². The van der Waals surface area contributed by atoms with Gasteiger partial charge in [-0.3, -0.25) is 0 Å². The standard InChI is InChI=1S/C20H14BrN5O2/c1-28-20(27)18-17(23)12(9-22)10-26(18)14-5-2-11(3-6-14)19-24-15-7-4-13(21)8-16(15)25-19/h2-8,10H,23H2,1H3,(H,24,25). The van der Waals surface area contributed by atoms with E-state index in [1.54, 1.807) is 4.57 Å². The van der Waals surface area contributed by atoms with Gasteiger partial charge in [-0.15, -0.1) is 0 Å². The molecule has 4 rings (SSSR count). The van der Waals surface area contributed by atoms with E-state index in [2.05, 4.69) is 25.9 Å². The van der Waals surface area contributed by atoms with Crippen molar-refractivity contribution in [2.45, 2.75) is 0 Å². The van der Waals surface area contributed by atoms with Crippen LogP contribution in [0.5, 0.6) is 0 Å². The largest absolute Gasteiger partial charge is 0.464 e. The van der Waals surface area contributed by atoms with Crippen LogP contribution in [0.3, 0.4) is 0 Å². The zero-order valence-electron chi connectivity index (χ0n) is 14.7. The highest BCUT2D eigenvalue weighted by atomic mass is 79.9. The fourth-order valence-corrected chi connectivity index (χ4v) is 3.38. The monoisotopic (exact) mass is 435 g/mol. The van der Waals surface area contributed by atoms with E-state index in [1.807, 2.05) is 48.5 Å². The van der Waals surface area contributed by atoms with E-state index in [0.29, 0.717) is 5.69 Å². The molecule has 0 radical (unpaired) electrons. The lowest BCUT2D eigenvalue weighted by atomic mass is 10.2. The van der Waals surface area contributed by atoms with Gasteiger partial charge in [0.15, 0.2) is 5.69 Å². The van der Waals surface area contributed by atoms with Gasteiger partial charge in [-0.25, -0.2) is 9.78 Å². The van der Waals surface area contributed by atoms with Crippen molar-refractivity contribution >= 4 is 38.6 Å². The molecule has 0 bridgehead atoms. The molecule has 0 amide bonds. The third-order valence-corrected chi connectivity index (χ3v) is 4.90. The zero-order chi connectivity index (χ0) is 19.8. The molecule has 0 atom stereocenters. The molecule has 2 aromatic heterocycles. The van der Waals surface area contributed by atoms with Crippen LogP contribution in [0.2, 0.25) is 0 Å². The summed E-state index contributed by atoms with van der Waals surface area (Å²) in [5.74, 6) is 0.128. The number of imidazole rings is 1. The number of methoxy groups -OCH3 is 1. The molecule has 0 saturated heterocycles. The third-order valence-electron chi connectivity index (χ3n) is 4.41. The van der Waals surface area contributed by atoms with E-state index in [1.165, 1.54) is 13.3 Å². The number of H-pyrrole nitrogens is 1. The summed E-state index contributed by atoms with van der Waals surface area (Å²) in [6.07, 6.45) is 1.52. The minimum absolute atomic E-state index is 0.0984. The second-order valence-corrected chi connectivity index (χ2v) is 6.99. The molecule has 0 aliphatic rings. The summed E-state index contributed by atoms with van der Waals surface area (Å²) in [5.41, 5.74) is 9.74. The van der Waals surface area contributed by atoms with Gasteiger partial charge in [0.25, 0.3) is 0 Å². The van der Waals surface area contributed by atoms with Crippen molar-refractivity contribution in [1.29, 1.82) is 5.26 Å². The van der Waals surface area contributed by atoms with Crippen LogP contribution < -0.4 is 5.73 Å². The molecule has 138 valence electrons. The minimum atomic E-state index is -0.606. The highest BCUT2D eigenvalue weighted by Gasteiger charge is 2.21. The Morgan fingerprint density at radius 1 is 1.29 bits per heavy atom. The number of benzene rings is 2. The summed E-state index contributed by atoms with van der Waals surface area (Å²) in [6.45, 7) is 0. The number of nitrogens with one attached hydrogen (secondary N) is 1. The fraction of sp³-hybridized carbons (Fsp3) is 0.0500. The summed E-state index contributed by atoms with van der Waals surface area (Å²) >= 11 is 3.45. The molecule has 0 aliphatic heterocycles. The Balaban J connectivity index is 1.76. The van der Waals surface area contributed by atoms with Gasteiger partial charge < -0.3 is 20.0 Å². The number of hydrogen-bond acceptors (Lipinski definition) is 5. The van der Waals surface area contributed by atoms with E-state index in [-0.39, 0.29) is 16.9 Å². The number of nitriles is 1. The Morgan fingerprint density at radius 2 is 2.04 bits per heavy atom. The van der Waals surface area contributed by atoms with Crippen LogP contribution in [0.15, 0.2) is 53.1 Å². The Kier molecular flexibility index (Phi) is 4.37. The van der Waals surface area contributed by atoms with Crippen molar-refractivity contribution in [3.8, 4) is 23.1 Å². The molecule has 2 aromatic carbocycles. The van der Waals surface area contributed by atoms with Crippen LogP contribution in [0.25, 0.3) is 28.1 Å². The maximum absolute atomic E-state index is 12.1. The number of nitrogens with zero attached hydrogens (tertiary/aromatic N) is 3. The van der Waals surface area contributed by atoms with Gasteiger partial charge in [0, 0.05) is 21.9 Å². The number of ether oxygens (including phenoxy) is 1. The van der Waals surface area contributed by atoms with E-state index in [4.69, 9.17) is 10.5 Å². The predicted molar refractivity (Wildman–Crippen MR) is 109 cm³/mol. The molecule has 8 heteroatoms. The Labute approximate surface area is 168 Å². The van der Waals surface area contributed by atoms with E-state index < -0.39 is 5.97 Å². The number of fused-ring (bicyclic) bond motifs is 1. The third kappa shape index (κ3) is 2.92. The number of aromatic amines is 1. The molecule has 0 fully saturated rings. The molecule has 0 unspecified atom stereocenters. The highest BCUT2D eigenvalue weighted by molar-refractivity contribution is 9.10. The highest BCUT2D eigenvalue weighted by Crippen LogP contribution is 2.27. The fourth-order valence-electron chi connectivity index (χ4n) is 3.02. The lowest BCUT2D eigenvalue weighted by molar-refractivity contribution is 0.0593. The second-order valence-electron chi connectivity index (χ2n) is 6.07. The first-order valence-electron chi connectivity index (χ1n) is 8.27. The summed E-state index contributed by atoms with van der Waals surface area (Å²) in [7, 11) is 1.27. The maximum atomic E-state index is 12.1. The van der Waals surface area contributed by atoms with Gasteiger partial charge >= 0.3 is 5.97 Å². The Bertz CT molecular complexity index is 1250. The summed E-state index contributed by atoms with van der Waals surface area (Å²) < 4.78 is 7.33. The van der Waals surface area contributed by atoms with Crippen LogP contribution in [0.1, 0.15) is 16.1 Å². The van der Waals surface area contributed by atoms with E-state index in [9.17, 15) is 10.1 Å². The molecule has 4 aromatic rings. The summed E-state index contributed by atoms with van der Waals surface area (Å²) in [6, 6.07) is 15.2. The molecule has 3 N–H and O–H groups in total. The molecule has 7 nitrogen and oxygen atoms in total. The first-order chi connectivity index (χ1) is 13.5.